The maximum Gasteiger partial charge on any atom is 0.275 e. The van der Waals surface area contributed by atoms with Crippen molar-refractivity contribution in [2.75, 3.05) is 6.54 Å². The van der Waals surface area contributed by atoms with Gasteiger partial charge in [-0.2, -0.15) is 5.10 Å². The van der Waals surface area contributed by atoms with Crippen molar-refractivity contribution in [1.29, 1.82) is 0 Å². The quantitative estimate of drug-likeness (QED) is 0.770. The summed E-state index contributed by atoms with van der Waals surface area (Å²) in [6.45, 7) is 0.493. The first-order valence-electron chi connectivity index (χ1n) is 7.35. The predicted molar refractivity (Wildman–Crippen MR) is 81.4 cm³/mol. The van der Waals surface area contributed by atoms with Crippen LogP contribution in [0.3, 0.4) is 0 Å². The maximum absolute atomic E-state index is 12.1. The predicted octanol–water partition coefficient (Wildman–Crippen LogP) is 1.39. The van der Waals surface area contributed by atoms with Crippen LogP contribution in [0.25, 0.3) is 5.69 Å². The van der Waals surface area contributed by atoms with Crippen LogP contribution < -0.4 is 10.7 Å². The van der Waals surface area contributed by atoms with Gasteiger partial charge in [-0.05, 0) is 37.0 Å². The molecular formula is C16H17N3O3. The Hall–Kier alpha value is -2.63. The van der Waals surface area contributed by atoms with Crippen molar-refractivity contribution in [2.24, 2.45) is 0 Å². The van der Waals surface area contributed by atoms with Crippen LogP contribution >= 0.6 is 0 Å². The van der Waals surface area contributed by atoms with E-state index in [9.17, 15) is 14.7 Å². The van der Waals surface area contributed by atoms with E-state index in [1.807, 2.05) is 24.3 Å². The van der Waals surface area contributed by atoms with E-state index in [0.717, 1.165) is 31.2 Å². The molecule has 4 bridgehead atoms. The molecule has 114 valence electrons. The molecule has 1 aromatic carbocycles. The van der Waals surface area contributed by atoms with Gasteiger partial charge in [0, 0.05) is 6.54 Å². The number of fused-ring (bicyclic) bond motifs is 5. The number of hydrogen-bond acceptors (Lipinski definition) is 4. The molecule has 1 aliphatic rings. The van der Waals surface area contributed by atoms with Crippen molar-refractivity contribution in [3.63, 3.8) is 0 Å². The van der Waals surface area contributed by atoms with E-state index in [-0.39, 0.29) is 5.69 Å². The number of nitrogens with one attached hydrogen (secondary N) is 1. The summed E-state index contributed by atoms with van der Waals surface area (Å²) >= 11 is 0. The molecule has 2 heterocycles. The zero-order valence-electron chi connectivity index (χ0n) is 12.1. The van der Waals surface area contributed by atoms with Gasteiger partial charge in [0.15, 0.2) is 11.4 Å². The Morgan fingerprint density at radius 2 is 2.05 bits per heavy atom. The number of aryl methyl sites for hydroxylation is 1. The van der Waals surface area contributed by atoms with E-state index < -0.39 is 17.1 Å². The van der Waals surface area contributed by atoms with Gasteiger partial charge in [-0.15, -0.1) is 0 Å². The summed E-state index contributed by atoms with van der Waals surface area (Å²) in [5.74, 6) is -1.04. The molecule has 0 saturated heterocycles. The molecule has 6 nitrogen and oxygen atoms in total. The summed E-state index contributed by atoms with van der Waals surface area (Å²) in [6.07, 6.45) is 5.06. The molecule has 0 fully saturated rings. The Bertz CT molecular complexity index is 767. The summed E-state index contributed by atoms with van der Waals surface area (Å²) in [5, 5.41) is 16.6. The molecular weight excluding hydrogens is 282 g/mol. The number of aromatic hydroxyl groups is 1. The lowest BCUT2D eigenvalue weighted by atomic mass is 10.1. The van der Waals surface area contributed by atoms with Gasteiger partial charge in [0.25, 0.3) is 11.3 Å². The van der Waals surface area contributed by atoms with E-state index in [4.69, 9.17) is 0 Å². The van der Waals surface area contributed by atoms with Crippen LogP contribution in [0.15, 0.2) is 35.3 Å². The highest BCUT2D eigenvalue weighted by Gasteiger charge is 2.17. The molecule has 6 heteroatoms. The highest BCUT2D eigenvalue weighted by atomic mass is 16.3. The average Bonchev–Trinajstić information content (AvgIpc) is 2.53. The van der Waals surface area contributed by atoms with Crippen LogP contribution in [0.1, 0.15) is 35.3 Å². The molecule has 1 amide bonds. The van der Waals surface area contributed by atoms with Crippen molar-refractivity contribution in [1.82, 2.24) is 15.1 Å². The molecule has 0 atom stereocenters. The number of nitrogens with zero attached hydrogens (tertiary/aromatic N) is 2. The standard InChI is InChI=1S/C16H17N3O3/c20-13-10-19-12-7-4-6-11(9-12)5-2-1-3-8-17-16(22)14(18-19)15(13)21/h4,6-7,9-10,20H,1-3,5,8H2,(H,17,22). The average molecular weight is 299 g/mol. The van der Waals surface area contributed by atoms with Crippen LogP contribution in [0.2, 0.25) is 0 Å². The summed E-state index contributed by atoms with van der Waals surface area (Å²) in [4.78, 5) is 24.0. The molecule has 2 aromatic rings. The molecule has 0 spiro atoms. The fourth-order valence-corrected chi connectivity index (χ4v) is 2.53. The van der Waals surface area contributed by atoms with E-state index >= 15 is 0 Å². The number of hydrogen-bond donors (Lipinski definition) is 2. The second-order valence-electron chi connectivity index (χ2n) is 5.37. The number of carbonyl (C=O) groups is 1. The van der Waals surface area contributed by atoms with Crippen molar-refractivity contribution in [3.8, 4) is 11.4 Å². The smallest absolute Gasteiger partial charge is 0.275 e. The number of aromatic nitrogens is 2. The topological polar surface area (TPSA) is 84.2 Å². The fraction of sp³-hybridized carbons (Fsp3) is 0.312. The second kappa shape index (κ2) is 6.01. The summed E-state index contributed by atoms with van der Waals surface area (Å²) in [5.41, 5.74) is 0.836. The Morgan fingerprint density at radius 3 is 2.91 bits per heavy atom. The molecule has 0 saturated carbocycles. The first kappa shape index (κ1) is 14.3. The molecule has 2 N–H and O–H groups in total. The van der Waals surface area contributed by atoms with Crippen LogP contribution in [0, 0.1) is 0 Å². The zero-order chi connectivity index (χ0) is 15.5. The third kappa shape index (κ3) is 2.86. The van der Waals surface area contributed by atoms with Gasteiger partial charge in [-0.25, -0.2) is 4.68 Å². The number of carbonyl (C=O) groups excluding carboxylic acids is 1. The third-order valence-corrected chi connectivity index (χ3v) is 3.72. The van der Waals surface area contributed by atoms with Crippen LogP contribution in [0.5, 0.6) is 5.75 Å². The highest BCUT2D eigenvalue weighted by Crippen LogP contribution is 2.14. The van der Waals surface area contributed by atoms with Crippen molar-refractivity contribution >= 4 is 5.91 Å². The SMILES string of the molecule is O=C1NCCCCCc2cccc(c2)-n2cc(O)c(=O)c1n2. The lowest BCUT2D eigenvalue weighted by molar-refractivity contribution is 0.0944. The van der Waals surface area contributed by atoms with Crippen LogP contribution in [-0.2, 0) is 6.42 Å². The molecule has 1 aliphatic heterocycles. The lowest BCUT2D eigenvalue weighted by Crippen LogP contribution is -2.32. The van der Waals surface area contributed by atoms with Gasteiger partial charge >= 0.3 is 0 Å². The second-order valence-corrected chi connectivity index (χ2v) is 5.37. The van der Waals surface area contributed by atoms with Crippen LogP contribution in [0.4, 0.5) is 0 Å². The van der Waals surface area contributed by atoms with Gasteiger partial charge in [-0.1, -0.05) is 18.6 Å². The zero-order valence-corrected chi connectivity index (χ0v) is 12.1. The molecule has 1 aromatic heterocycles. The van der Waals surface area contributed by atoms with Gasteiger partial charge in [0.1, 0.15) is 0 Å². The molecule has 3 rings (SSSR count). The Kier molecular flexibility index (Phi) is 3.91. The minimum Gasteiger partial charge on any atom is -0.503 e. The van der Waals surface area contributed by atoms with Crippen molar-refractivity contribution in [2.45, 2.75) is 25.7 Å². The van der Waals surface area contributed by atoms with Crippen molar-refractivity contribution in [3.05, 3.63) is 51.9 Å². The first-order valence-corrected chi connectivity index (χ1v) is 7.35. The Morgan fingerprint density at radius 1 is 1.18 bits per heavy atom. The van der Waals surface area contributed by atoms with E-state index in [1.54, 1.807) is 0 Å². The number of benzene rings is 1. The molecule has 22 heavy (non-hydrogen) atoms. The van der Waals surface area contributed by atoms with Crippen molar-refractivity contribution < 1.29 is 9.90 Å². The summed E-state index contributed by atoms with van der Waals surface area (Å²) in [6, 6.07) is 7.72. The Labute approximate surface area is 127 Å². The number of amides is 1. The Balaban J connectivity index is 2.14. The van der Waals surface area contributed by atoms with Crippen LogP contribution in [-0.4, -0.2) is 27.3 Å². The third-order valence-electron chi connectivity index (χ3n) is 3.72. The van der Waals surface area contributed by atoms with Gasteiger partial charge < -0.3 is 10.4 Å². The van der Waals surface area contributed by atoms with E-state index in [1.165, 1.54) is 10.9 Å². The minimum atomic E-state index is -0.750. The van der Waals surface area contributed by atoms with Gasteiger partial charge in [-0.3, -0.25) is 9.59 Å². The minimum absolute atomic E-state index is 0.287. The van der Waals surface area contributed by atoms with E-state index in [0.29, 0.717) is 12.2 Å². The highest BCUT2D eigenvalue weighted by molar-refractivity contribution is 5.92. The first-order chi connectivity index (χ1) is 10.6. The fourth-order valence-electron chi connectivity index (χ4n) is 2.53. The molecule has 0 radical (unpaired) electrons. The monoisotopic (exact) mass is 299 g/mol. The van der Waals surface area contributed by atoms with Gasteiger partial charge in [0.2, 0.25) is 0 Å². The van der Waals surface area contributed by atoms with Gasteiger partial charge in [0.05, 0.1) is 11.9 Å². The van der Waals surface area contributed by atoms with E-state index in [2.05, 4.69) is 10.4 Å². The normalized spacial score (nSPS) is 15.2. The maximum atomic E-state index is 12.1. The summed E-state index contributed by atoms with van der Waals surface area (Å²) in [7, 11) is 0. The lowest BCUT2D eigenvalue weighted by Gasteiger charge is -2.09. The number of rotatable bonds is 0. The molecule has 0 aliphatic carbocycles. The summed E-state index contributed by atoms with van der Waals surface area (Å²) < 4.78 is 1.37. The molecule has 0 unspecified atom stereocenters. The largest absolute Gasteiger partial charge is 0.503 e.